The van der Waals surface area contributed by atoms with Crippen LogP contribution >= 0.6 is 11.8 Å². The lowest BCUT2D eigenvalue weighted by Gasteiger charge is -2.14. The molecule has 3 rings (SSSR count). The highest BCUT2D eigenvalue weighted by Crippen LogP contribution is 2.29. The minimum atomic E-state index is -0.938. The van der Waals surface area contributed by atoms with Crippen molar-refractivity contribution in [3.8, 4) is 5.75 Å². The Morgan fingerprint density at radius 2 is 1.68 bits per heavy atom. The summed E-state index contributed by atoms with van der Waals surface area (Å²) < 4.78 is 33.0. The van der Waals surface area contributed by atoms with Gasteiger partial charge >= 0.3 is 0 Å². The molecule has 1 heterocycles. The van der Waals surface area contributed by atoms with Crippen molar-refractivity contribution in [3.05, 3.63) is 59.2 Å². The number of thioether (sulfide) groups is 1. The van der Waals surface area contributed by atoms with E-state index in [2.05, 4.69) is 5.32 Å². The van der Waals surface area contributed by atoms with Gasteiger partial charge in [-0.1, -0.05) is 12.1 Å². The van der Waals surface area contributed by atoms with Gasteiger partial charge in [0.25, 0.3) is 17.7 Å². The zero-order chi connectivity index (χ0) is 20.3. The van der Waals surface area contributed by atoms with Gasteiger partial charge in [0, 0.05) is 24.2 Å². The number of likely N-dealkylation sites (N-methyl/N-ethyl adjacent to an activating group) is 1. The molecule has 1 N–H and O–H groups in total. The van der Waals surface area contributed by atoms with E-state index in [4.69, 9.17) is 4.74 Å². The number of halogens is 2. The van der Waals surface area contributed by atoms with E-state index in [9.17, 15) is 23.2 Å². The maximum Gasteiger partial charge on any atom is 0.261 e. The number of nitrogens with zero attached hydrogens (tertiary/aromatic N) is 1. The zero-order valence-corrected chi connectivity index (χ0v) is 15.6. The second-order valence-corrected chi connectivity index (χ2v) is 7.00. The van der Waals surface area contributed by atoms with Crippen LogP contribution < -0.4 is 10.1 Å². The third-order valence-electron chi connectivity index (χ3n) is 4.06. The number of benzene rings is 2. The topological polar surface area (TPSA) is 75.7 Å². The molecule has 0 aromatic heterocycles. The molecule has 1 aliphatic rings. The van der Waals surface area contributed by atoms with Crippen molar-refractivity contribution in [1.29, 1.82) is 0 Å². The van der Waals surface area contributed by atoms with E-state index >= 15 is 0 Å². The number of amides is 3. The number of rotatable bonds is 7. The first-order valence-corrected chi connectivity index (χ1v) is 9.31. The molecule has 0 saturated heterocycles. The molecule has 0 fully saturated rings. The Bertz CT molecular complexity index is 893. The molecule has 1 aliphatic heterocycles. The van der Waals surface area contributed by atoms with Gasteiger partial charge in [0.1, 0.15) is 0 Å². The number of hydrogen-bond donors (Lipinski definition) is 1. The summed E-state index contributed by atoms with van der Waals surface area (Å²) in [7, 11) is 1.38. The minimum absolute atomic E-state index is 0.106. The second kappa shape index (κ2) is 8.39. The van der Waals surface area contributed by atoms with Gasteiger partial charge in [-0.15, -0.1) is 11.8 Å². The predicted octanol–water partition coefficient (Wildman–Crippen LogP) is 2.48. The fourth-order valence-corrected chi connectivity index (χ4v) is 3.55. The lowest BCUT2D eigenvalue weighted by Crippen LogP contribution is -2.31. The first kappa shape index (κ1) is 19.8. The van der Waals surface area contributed by atoms with Crippen LogP contribution in [0, 0.1) is 11.6 Å². The Balaban J connectivity index is 1.61. The van der Waals surface area contributed by atoms with E-state index in [1.807, 2.05) is 0 Å². The highest BCUT2D eigenvalue weighted by molar-refractivity contribution is 7.99. The van der Waals surface area contributed by atoms with Crippen LogP contribution in [0.15, 0.2) is 41.3 Å². The van der Waals surface area contributed by atoms with Gasteiger partial charge in [-0.2, -0.15) is 0 Å². The molecule has 146 valence electrons. The van der Waals surface area contributed by atoms with Gasteiger partial charge in [0.05, 0.1) is 11.1 Å². The van der Waals surface area contributed by atoms with E-state index in [1.54, 1.807) is 24.3 Å². The smallest absolute Gasteiger partial charge is 0.261 e. The lowest BCUT2D eigenvalue weighted by molar-refractivity contribution is -0.122. The molecule has 2 aromatic rings. The summed E-state index contributed by atoms with van der Waals surface area (Å²) in [5.41, 5.74) is 0.708. The van der Waals surface area contributed by atoms with E-state index in [0.717, 1.165) is 28.8 Å². The van der Waals surface area contributed by atoms with Crippen LogP contribution in [0.5, 0.6) is 5.75 Å². The molecule has 0 spiro atoms. The normalized spacial score (nSPS) is 12.9. The molecule has 0 unspecified atom stereocenters. The van der Waals surface area contributed by atoms with Gasteiger partial charge in [0.15, 0.2) is 24.0 Å². The molecule has 0 saturated carbocycles. The predicted molar refractivity (Wildman–Crippen MR) is 98.5 cm³/mol. The van der Waals surface area contributed by atoms with E-state index < -0.39 is 29.9 Å². The number of nitrogens with one attached hydrogen (secondary N) is 1. The average molecular weight is 406 g/mol. The number of hydrogen-bond acceptors (Lipinski definition) is 5. The van der Waals surface area contributed by atoms with Gasteiger partial charge in [-0.3, -0.25) is 19.3 Å². The number of carbonyl (C=O) groups is 3. The van der Waals surface area contributed by atoms with Gasteiger partial charge < -0.3 is 10.1 Å². The molecule has 0 bridgehead atoms. The zero-order valence-electron chi connectivity index (χ0n) is 14.8. The molecule has 0 radical (unpaired) electrons. The third-order valence-corrected chi connectivity index (χ3v) is 5.02. The Morgan fingerprint density at radius 3 is 2.21 bits per heavy atom. The largest absolute Gasteiger partial charge is 0.478 e. The Kier molecular flexibility index (Phi) is 5.93. The van der Waals surface area contributed by atoms with Crippen LogP contribution in [0.3, 0.4) is 0 Å². The van der Waals surface area contributed by atoms with Crippen LogP contribution in [0.4, 0.5) is 8.78 Å². The number of carbonyl (C=O) groups excluding carboxylic acids is 3. The van der Waals surface area contributed by atoms with Crippen LogP contribution in [0.1, 0.15) is 20.7 Å². The monoisotopic (exact) mass is 406 g/mol. The molecule has 6 nitrogen and oxygen atoms in total. The van der Waals surface area contributed by atoms with Crippen molar-refractivity contribution < 1.29 is 27.9 Å². The van der Waals surface area contributed by atoms with Crippen LogP contribution in [0.2, 0.25) is 0 Å². The molecule has 9 heteroatoms. The quantitative estimate of drug-likeness (QED) is 0.565. The molecular formula is C19H16F2N2O4S. The second-order valence-electron chi connectivity index (χ2n) is 5.83. The van der Waals surface area contributed by atoms with Gasteiger partial charge in [0.2, 0.25) is 0 Å². The maximum atomic E-state index is 14.1. The van der Waals surface area contributed by atoms with E-state index in [1.165, 1.54) is 7.05 Å². The Morgan fingerprint density at radius 1 is 1.11 bits per heavy atom. The summed E-state index contributed by atoms with van der Waals surface area (Å²) in [5, 5.41) is 2.28. The molecular weight excluding hydrogens is 390 g/mol. The Labute approximate surface area is 163 Å². The van der Waals surface area contributed by atoms with Crippen LogP contribution in [-0.2, 0) is 4.79 Å². The first-order chi connectivity index (χ1) is 13.4. The van der Waals surface area contributed by atoms with Crippen molar-refractivity contribution in [3.63, 3.8) is 0 Å². The third kappa shape index (κ3) is 3.99. The number of ether oxygens (including phenoxy) is 1. The van der Waals surface area contributed by atoms with Gasteiger partial charge in [-0.05, 0) is 24.3 Å². The molecule has 28 heavy (non-hydrogen) atoms. The molecule has 2 aromatic carbocycles. The minimum Gasteiger partial charge on any atom is -0.478 e. The summed E-state index contributed by atoms with van der Waals surface area (Å²) in [5.74, 6) is -3.51. The number of fused-ring (bicyclic) bond motifs is 1. The highest BCUT2D eigenvalue weighted by atomic mass is 32.2. The summed E-state index contributed by atoms with van der Waals surface area (Å²) in [6.07, 6.45) is 0. The lowest BCUT2D eigenvalue weighted by atomic mass is 10.1. The summed E-state index contributed by atoms with van der Waals surface area (Å²) >= 11 is 1.10. The first-order valence-electron chi connectivity index (χ1n) is 8.32. The van der Waals surface area contributed by atoms with E-state index in [-0.39, 0.29) is 29.0 Å². The van der Waals surface area contributed by atoms with Gasteiger partial charge in [-0.25, -0.2) is 8.78 Å². The SMILES string of the molecule is CNC(=O)COc1c(F)cc(SCCN2C(=O)c3ccccc3C2=O)cc1F. The Hall–Kier alpha value is -2.94. The molecule has 0 atom stereocenters. The van der Waals surface area contributed by atoms with Crippen molar-refractivity contribution >= 4 is 29.5 Å². The molecule has 3 amide bonds. The van der Waals surface area contributed by atoms with Crippen LogP contribution in [-0.4, -0.2) is 48.6 Å². The molecule has 0 aliphatic carbocycles. The van der Waals surface area contributed by atoms with Crippen LogP contribution in [0.25, 0.3) is 0 Å². The van der Waals surface area contributed by atoms with Crippen molar-refractivity contribution in [2.24, 2.45) is 0 Å². The standard InChI is InChI=1S/C19H16F2N2O4S/c1-22-16(24)10-27-17-14(20)8-11(9-15(17)21)28-7-6-23-18(25)12-4-2-3-5-13(12)19(23)26/h2-5,8-9H,6-7,10H2,1H3,(H,22,24). The fourth-order valence-electron chi connectivity index (χ4n) is 2.66. The van der Waals surface area contributed by atoms with Crippen molar-refractivity contribution in [2.45, 2.75) is 4.90 Å². The van der Waals surface area contributed by atoms with Crippen molar-refractivity contribution in [1.82, 2.24) is 10.2 Å². The number of imide groups is 1. The van der Waals surface area contributed by atoms with Crippen molar-refractivity contribution in [2.75, 3.05) is 26.0 Å². The fraction of sp³-hybridized carbons (Fsp3) is 0.211. The van der Waals surface area contributed by atoms with E-state index in [0.29, 0.717) is 11.1 Å². The summed E-state index contributed by atoms with van der Waals surface area (Å²) in [6, 6.07) is 8.70. The average Bonchev–Trinajstić information content (AvgIpc) is 2.92. The summed E-state index contributed by atoms with van der Waals surface area (Å²) in [6.45, 7) is -0.397. The summed E-state index contributed by atoms with van der Waals surface area (Å²) in [4.78, 5) is 37.1. The maximum absolute atomic E-state index is 14.1. The highest BCUT2D eigenvalue weighted by Gasteiger charge is 2.34.